The van der Waals surface area contributed by atoms with Gasteiger partial charge in [0.25, 0.3) is 5.56 Å². The van der Waals surface area contributed by atoms with Gasteiger partial charge in [-0.3, -0.25) is 13.9 Å². The van der Waals surface area contributed by atoms with E-state index < -0.39 is 24.0 Å². The van der Waals surface area contributed by atoms with Crippen LogP contribution in [0.15, 0.2) is 9.59 Å². The number of halogens is 3. The van der Waals surface area contributed by atoms with Crippen LogP contribution in [-0.4, -0.2) is 51.6 Å². The van der Waals surface area contributed by atoms with Crippen LogP contribution in [0.5, 0.6) is 0 Å². The second kappa shape index (κ2) is 7.40. The van der Waals surface area contributed by atoms with Crippen molar-refractivity contribution in [1.29, 1.82) is 0 Å². The zero-order chi connectivity index (χ0) is 20.9. The first-order valence-electron chi connectivity index (χ1n) is 9.08. The maximum Gasteiger partial charge on any atom is 0.406 e. The number of alkyl halides is 3. The molecule has 0 unspecified atom stereocenters. The number of thiocarbonyl (C=S) groups is 1. The number of aryl methyl sites for hydroxylation is 1. The molecule has 0 saturated carbocycles. The Morgan fingerprint density at radius 2 is 2.00 bits per heavy atom. The number of fused-ring (bicyclic) bond motifs is 1. The lowest BCUT2D eigenvalue weighted by atomic mass is 10.1. The Labute approximate surface area is 172 Å². The van der Waals surface area contributed by atoms with Crippen molar-refractivity contribution >= 4 is 38.9 Å². The number of hydrogen-bond acceptors (Lipinski definition) is 5. The molecule has 0 atom stereocenters. The van der Waals surface area contributed by atoms with Crippen LogP contribution >= 0.6 is 23.6 Å². The van der Waals surface area contributed by atoms with Gasteiger partial charge in [0.15, 0.2) is 5.11 Å². The van der Waals surface area contributed by atoms with Crippen molar-refractivity contribution < 1.29 is 17.9 Å². The Balaban J connectivity index is 1.87. The minimum atomic E-state index is -4.67. The van der Waals surface area contributed by atoms with Gasteiger partial charge in [-0.1, -0.05) is 0 Å². The molecule has 2 aromatic rings. The van der Waals surface area contributed by atoms with Gasteiger partial charge in [-0.25, -0.2) is 4.79 Å². The highest BCUT2D eigenvalue weighted by Gasteiger charge is 2.32. The minimum Gasteiger partial charge on any atom is -0.381 e. The summed E-state index contributed by atoms with van der Waals surface area (Å²) in [7, 11) is 0. The lowest BCUT2D eigenvalue weighted by molar-refractivity contribution is -0.142. The third kappa shape index (κ3) is 3.80. The average molecular weight is 448 g/mol. The van der Waals surface area contributed by atoms with Gasteiger partial charge >= 0.3 is 11.9 Å². The summed E-state index contributed by atoms with van der Waals surface area (Å²) in [5, 5.41) is 3.82. The molecule has 0 bridgehead atoms. The van der Waals surface area contributed by atoms with Crippen molar-refractivity contribution in [2.24, 2.45) is 5.92 Å². The number of nitrogens with zero attached hydrogens (tertiary/aromatic N) is 3. The van der Waals surface area contributed by atoms with E-state index in [4.69, 9.17) is 17.0 Å². The van der Waals surface area contributed by atoms with Crippen molar-refractivity contribution in [2.75, 3.05) is 26.3 Å². The van der Waals surface area contributed by atoms with E-state index in [1.165, 1.54) is 15.9 Å². The van der Waals surface area contributed by atoms with Crippen molar-refractivity contribution in [1.82, 2.24) is 19.4 Å². The van der Waals surface area contributed by atoms with Gasteiger partial charge in [-0.2, -0.15) is 13.2 Å². The Kier molecular flexibility index (Phi) is 5.20. The topological polar surface area (TPSA) is 68.5 Å². The standard InChI is InChI=1S/C17H19F3N4O3S2/c1-9-11(5-22-3-2-21-15(22)28)29-14-12(9)13(25)24(8-17(18,19)20)16(26)23(14)4-10-6-27-7-10/h10H,2-8H2,1H3,(H,21,28). The van der Waals surface area contributed by atoms with Gasteiger partial charge < -0.3 is 15.0 Å². The summed E-state index contributed by atoms with van der Waals surface area (Å²) in [6.07, 6.45) is -4.67. The molecule has 2 aromatic heterocycles. The van der Waals surface area contributed by atoms with Gasteiger partial charge in [-0.15, -0.1) is 11.3 Å². The lowest BCUT2D eigenvalue weighted by Gasteiger charge is -2.27. The summed E-state index contributed by atoms with van der Waals surface area (Å²) in [4.78, 5) is 28.8. The summed E-state index contributed by atoms with van der Waals surface area (Å²) in [5.74, 6) is 0.0361. The quantitative estimate of drug-likeness (QED) is 0.699. The SMILES string of the molecule is Cc1c(CN2CCNC2=S)sc2c1c(=O)n(CC(F)(F)F)c(=O)n2CC1COC1. The molecule has 7 nitrogen and oxygen atoms in total. The Hall–Kier alpha value is -1.92. The summed E-state index contributed by atoms with van der Waals surface area (Å²) in [5.41, 5.74) is -1.23. The predicted octanol–water partition coefficient (Wildman–Crippen LogP) is 1.43. The van der Waals surface area contributed by atoms with E-state index in [1.54, 1.807) is 6.92 Å². The first kappa shape index (κ1) is 20.4. The highest BCUT2D eigenvalue weighted by molar-refractivity contribution is 7.80. The second-order valence-corrected chi connectivity index (χ2v) is 8.76. The van der Waals surface area contributed by atoms with Crippen molar-refractivity contribution in [3.63, 3.8) is 0 Å². The Morgan fingerprint density at radius 1 is 1.28 bits per heavy atom. The monoisotopic (exact) mass is 448 g/mol. The fourth-order valence-corrected chi connectivity index (χ4v) is 5.13. The zero-order valence-corrected chi connectivity index (χ0v) is 17.2. The third-order valence-electron chi connectivity index (χ3n) is 5.16. The molecule has 29 heavy (non-hydrogen) atoms. The summed E-state index contributed by atoms with van der Waals surface area (Å²) >= 11 is 6.53. The molecule has 4 heterocycles. The lowest BCUT2D eigenvalue weighted by Crippen LogP contribution is -2.45. The molecule has 12 heteroatoms. The summed E-state index contributed by atoms with van der Waals surface area (Å²) in [6.45, 7) is 3.07. The van der Waals surface area contributed by atoms with Crippen molar-refractivity contribution in [2.45, 2.75) is 32.7 Å². The molecule has 0 aliphatic carbocycles. The van der Waals surface area contributed by atoms with Crippen LogP contribution in [0.1, 0.15) is 10.4 Å². The van der Waals surface area contributed by atoms with Crippen molar-refractivity contribution in [3.8, 4) is 0 Å². The average Bonchev–Trinajstić information content (AvgIpc) is 3.13. The molecule has 0 radical (unpaired) electrons. The normalized spacial score (nSPS) is 17.8. The highest BCUT2D eigenvalue weighted by Crippen LogP contribution is 2.30. The van der Waals surface area contributed by atoms with E-state index in [0.29, 0.717) is 52.9 Å². The fourth-order valence-electron chi connectivity index (χ4n) is 3.55. The van der Waals surface area contributed by atoms with Crippen LogP contribution in [-0.2, 0) is 24.4 Å². The summed E-state index contributed by atoms with van der Waals surface area (Å²) < 4.78 is 45.9. The second-order valence-electron chi connectivity index (χ2n) is 7.29. The molecule has 2 aliphatic rings. The molecular weight excluding hydrogens is 429 g/mol. The maximum atomic E-state index is 13.0. The molecule has 0 amide bonds. The van der Waals surface area contributed by atoms with Crippen LogP contribution in [0.25, 0.3) is 10.2 Å². The van der Waals surface area contributed by atoms with E-state index in [2.05, 4.69) is 5.32 Å². The van der Waals surface area contributed by atoms with Gasteiger partial charge in [0.2, 0.25) is 0 Å². The van der Waals surface area contributed by atoms with E-state index in [0.717, 1.165) is 4.88 Å². The van der Waals surface area contributed by atoms with E-state index in [-0.39, 0.29) is 17.8 Å². The smallest absolute Gasteiger partial charge is 0.381 e. The van der Waals surface area contributed by atoms with Gasteiger partial charge in [-0.05, 0) is 24.7 Å². The van der Waals surface area contributed by atoms with Gasteiger partial charge in [0.05, 0.1) is 25.1 Å². The Morgan fingerprint density at radius 3 is 2.55 bits per heavy atom. The highest BCUT2D eigenvalue weighted by atomic mass is 32.1. The first-order chi connectivity index (χ1) is 13.7. The van der Waals surface area contributed by atoms with Gasteiger partial charge in [0.1, 0.15) is 11.4 Å². The van der Waals surface area contributed by atoms with Crippen LogP contribution in [0.4, 0.5) is 13.2 Å². The number of thiophene rings is 1. The predicted molar refractivity (Wildman–Crippen MR) is 106 cm³/mol. The molecule has 2 aliphatic heterocycles. The van der Waals surface area contributed by atoms with Crippen molar-refractivity contribution in [3.05, 3.63) is 31.3 Å². The molecule has 0 aromatic carbocycles. The molecule has 0 spiro atoms. The molecule has 2 saturated heterocycles. The number of ether oxygens (including phenoxy) is 1. The Bertz CT molecular complexity index is 1080. The number of aromatic nitrogens is 2. The van der Waals surface area contributed by atoms with Crippen LogP contribution < -0.4 is 16.6 Å². The van der Waals surface area contributed by atoms with Crippen LogP contribution in [0.3, 0.4) is 0 Å². The largest absolute Gasteiger partial charge is 0.406 e. The van der Waals surface area contributed by atoms with E-state index in [9.17, 15) is 22.8 Å². The van der Waals surface area contributed by atoms with E-state index >= 15 is 0 Å². The molecule has 2 fully saturated rings. The molecule has 1 N–H and O–H groups in total. The number of hydrogen-bond donors (Lipinski definition) is 1. The first-order valence-corrected chi connectivity index (χ1v) is 10.3. The minimum absolute atomic E-state index is 0.0361. The third-order valence-corrected chi connectivity index (χ3v) is 6.86. The number of nitrogens with one attached hydrogen (secondary N) is 1. The van der Waals surface area contributed by atoms with E-state index in [1.807, 2.05) is 4.90 Å². The maximum absolute atomic E-state index is 13.0. The van der Waals surface area contributed by atoms with Gasteiger partial charge in [0, 0.05) is 30.4 Å². The number of rotatable bonds is 5. The molecule has 4 rings (SSSR count). The zero-order valence-electron chi connectivity index (χ0n) is 15.5. The molecule has 158 valence electrons. The molecular formula is C17H19F3N4O3S2. The summed E-state index contributed by atoms with van der Waals surface area (Å²) in [6, 6.07) is 0. The fraction of sp³-hybridized carbons (Fsp3) is 0.588. The van der Waals surface area contributed by atoms with Crippen LogP contribution in [0, 0.1) is 12.8 Å². The van der Waals surface area contributed by atoms with Crippen LogP contribution in [0.2, 0.25) is 0 Å².